The van der Waals surface area contributed by atoms with Crippen molar-refractivity contribution >= 4 is 10.0 Å². The number of sulfonamides is 1. The number of aliphatic hydroxyl groups excluding tert-OH is 1. The lowest BCUT2D eigenvalue weighted by atomic mass is 9.95. The highest BCUT2D eigenvalue weighted by Gasteiger charge is 2.23. The minimum Gasteiger partial charge on any atom is -0.395 e. The summed E-state index contributed by atoms with van der Waals surface area (Å²) in [5.41, 5.74) is 0.790. The highest BCUT2D eigenvalue weighted by atomic mass is 32.2. The van der Waals surface area contributed by atoms with Gasteiger partial charge in [0.1, 0.15) is 0 Å². The second kappa shape index (κ2) is 8.06. The summed E-state index contributed by atoms with van der Waals surface area (Å²) in [7, 11) is -2.05. The van der Waals surface area contributed by atoms with Gasteiger partial charge in [0.15, 0.2) is 0 Å². The van der Waals surface area contributed by atoms with Gasteiger partial charge < -0.3 is 10.4 Å². The molecule has 0 spiro atoms. The van der Waals surface area contributed by atoms with Crippen molar-refractivity contribution in [1.29, 1.82) is 0 Å². The van der Waals surface area contributed by atoms with Gasteiger partial charge >= 0.3 is 0 Å². The molecule has 0 atom stereocenters. The molecule has 0 unspecified atom stereocenters. The summed E-state index contributed by atoms with van der Waals surface area (Å²) in [6.07, 6.45) is 6.13. The molecule has 22 heavy (non-hydrogen) atoms. The lowest BCUT2D eigenvalue weighted by Crippen LogP contribution is -2.33. The van der Waals surface area contributed by atoms with Crippen molar-refractivity contribution in [2.45, 2.75) is 49.6 Å². The van der Waals surface area contributed by atoms with E-state index in [2.05, 4.69) is 5.32 Å². The smallest absolute Gasteiger partial charge is 0.243 e. The normalized spacial score (nSPS) is 17.0. The Bertz CT molecular complexity index is 569. The topological polar surface area (TPSA) is 69.6 Å². The van der Waals surface area contributed by atoms with Gasteiger partial charge in [-0.3, -0.25) is 0 Å². The van der Waals surface area contributed by atoms with E-state index in [9.17, 15) is 8.42 Å². The molecular weight excluding hydrogens is 300 g/mol. The van der Waals surface area contributed by atoms with E-state index in [4.69, 9.17) is 5.11 Å². The summed E-state index contributed by atoms with van der Waals surface area (Å²) in [4.78, 5) is 0.328. The number of rotatable bonds is 7. The Morgan fingerprint density at radius 2 is 1.91 bits per heavy atom. The van der Waals surface area contributed by atoms with Gasteiger partial charge in [0.05, 0.1) is 11.5 Å². The van der Waals surface area contributed by atoms with E-state index in [-0.39, 0.29) is 13.2 Å². The highest BCUT2D eigenvalue weighted by Crippen LogP contribution is 2.21. The number of benzene rings is 1. The molecule has 1 aromatic carbocycles. The standard InChI is InChI=1S/C16H26N2O3S/c1-18(11-12-19)22(20,21)16-10-6-5-7-14(16)13-17-15-8-3-2-4-9-15/h5-7,10,15,17,19H,2-4,8-9,11-13H2,1H3. The zero-order valence-corrected chi connectivity index (χ0v) is 14.0. The minimum atomic E-state index is -3.55. The van der Waals surface area contributed by atoms with E-state index in [0.29, 0.717) is 17.5 Å². The molecule has 5 nitrogen and oxygen atoms in total. The summed E-state index contributed by atoms with van der Waals surface area (Å²) in [5, 5.41) is 12.5. The molecule has 1 aliphatic carbocycles. The lowest BCUT2D eigenvalue weighted by Gasteiger charge is -2.24. The molecule has 0 amide bonds. The van der Waals surface area contributed by atoms with Crippen LogP contribution in [-0.2, 0) is 16.6 Å². The van der Waals surface area contributed by atoms with Crippen molar-refractivity contribution in [3.63, 3.8) is 0 Å². The minimum absolute atomic E-state index is 0.104. The fourth-order valence-corrected chi connectivity index (χ4v) is 4.27. The predicted octanol–water partition coefficient (Wildman–Crippen LogP) is 1.72. The van der Waals surface area contributed by atoms with E-state index >= 15 is 0 Å². The molecule has 0 aromatic heterocycles. The van der Waals surface area contributed by atoms with Gasteiger partial charge in [-0.15, -0.1) is 0 Å². The number of likely N-dealkylation sites (N-methyl/N-ethyl adjacent to an activating group) is 1. The van der Waals surface area contributed by atoms with Crippen LogP contribution in [0.1, 0.15) is 37.7 Å². The van der Waals surface area contributed by atoms with Gasteiger partial charge in [-0.05, 0) is 24.5 Å². The Labute approximate surface area is 133 Å². The lowest BCUT2D eigenvalue weighted by molar-refractivity contribution is 0.266. The summed E-state index contributed by atoms with van der Waals surface area (Å²) < 4.78 is 26.4. The Hall–Kier alpha value is -0.950. The third-order valence-electron chi connectivity index (χ3n) is 4.26. The van der Waals surface area contributed by atoms with E-state index in [0.717, 1.165) is 5.56 Å². The van der Waals surface area contributed by atoms with Gasteiger partial charge in [-0.2, -0.15) is 4.31 Å². The fourth-order valence-electron chi connectivity index (χ4n) is 2.89. The second-order valence-corrected chi connectivity index (χ2v) is 7.89. The van der Waals surface area contributed by atoms with Gasteiger partial charge in [0.2, 0.25) is 10.0 Å². The number of nitrogens with one attached hydrogen (secondary N) is 1. The third-order valence-corrected chi connectivity index (χ3v) is 6.22. The fraction of sp³-hybridized carbons (Fsp3) is 0.625. The molecular formula is C16H26N2O3S. The van der Waals surface area contributed by atoms with Crippen LogP contribution in [0, 0.1) is 0 Å². The molecule has 0 aliphatic heterocycles. The Balaban J connectivity index is 2.12. The predicted molar refractivity (Wildman–Crippen MR) is 87.1 cm³/mol. The van der Waals surface area contributed by atoms with Crippen LogP contribution in [0.25, 0.3) is 0 Å². The number of hydrogen-bond donors (Lipinski definition) is 2. The van der Waals surface area contributed by atoms with Crippen LogP contribution in [0.4, 0.5) is 0 Å². The number of aliphatic hydroxyl groups is 1. The van der Waals surface area contributed by atoms with E-state index in [1.807, 2.05) is 12.1 Å². The first-order valence-corrected chi connectivity index (χ1v) is 9.38. The van der Waals surface area contributed by atoms with Crippen LogP contribution in [0.3, 0.4) is 0 Å². The van der Waals surface area contributed by atoms with Gasteiger partial charge in [0.25, 0.3) is 0 Å². The van der Waals surface area contributed by atoms with Gasteiger partial charge in [0, 0.05) is 26.2 Å². The zero-order valence-electron chi connectivity index (χ0n) is 13.2. The van der Waals surface area contributed by atoms with E-state index < -0.39 is 10.0 Å². The Kier molecular flexibility index (Phi) is 6.37. The third kappa shape index (κ3) is 4.29. The SMILES string of the molecule is CN(CCO)S(=O)(=O)c1ccccc1CNC1CCCCC1. The number of nitrogens with zero attached hydrogens (tertiary/aromatic N) is 1. The van der Waals surface area contributed by atoms with Crippen LogP contribution < -0.4 is 5.32 Å². The van der Waals surface area contributed by atoms with Crippen LogP contribution >= 0.6 is 0 Å². The van der Waals surface area contributed by atoms with E-state index in [1.54, 1.807) is 12.1 Å². The first-order valence-electron chi connectivity index (χ1n) is 7.94. The molecule has 0 heterocycles. The largest absolute Gasteiger partial charge is 0.395 e. The Morgan fingerprint density at radius 3 is 2.59 bits per heavy atom. The summed E-state index contributed by atoms with van der Waals surface area (Å²) in [6.45, 7) is 0.484. The van der Waals surface area contributed by atoms with Crippen molar-refractivity contribution in [3.05, 3.63) is 29.8 Å². The zero-order chi connectivity index (χ0) is 16.0. The maximum atomic E-state index is 12.6. The van der Waals surface area contributed by atoms with Crippen molar-refractivity contribution < 1.29 is 13.5 Å². The van der Waals surface area contributed by atoms with Gasteiger partial charge in [-0.1, -0.05) is 37.5 Å². The maximum Gasteiger partial charge on any atom is 0.243 e. The summed E-state index contributed by atoms with van der Waals surface area (Å²) in [6, 6.07) is 7.59. The first kappa shape index (κ1) is 17.4. The molecule has 1 aromatic rings. The average molecular weight is 326 g/mol. The van der Waals surface area contributed by atoms with Crippen LogP contribution in [0.15, 0.2) is 29.2 Å². The molecule has 0 radical (unpaired) electrons. The molecule has 0 saturated heterocycles. The molecule has 1 aliphatic rings. The Morgan fingerprint density at radius 1 is 1.23 bits per heavy atom. The molecule has 6 heteroatoms. The quantitative estimate of drug-likeness (QED) is 0.800. The molecule has 1 fully saturated rings. The number of hydrogen-bond acceptors (Lipinski definition) is 4. The van der Waals surface area contributed by atoms with Crippen molar-refractivity contribution in [3.8, 4) is 0 Å². The second-order valence-electron chi connectivity index (χ2n) is 5.87. The summed E-state index contributed by atoms with van der Waals surface area (Å²) >= 11 is 0. The maximum absolute atomic E-state index is 12.6. The molecule has 124 valence electrons. The van der Waals surface area contributed by atoms with Crippen molar-refractivity contribution in [2.75, 3.05) is 20.2 Å². The van der Waals surface area contributed by atoms with Gasteiger partial charge in [-0.25, -0.2) is 8.42 Å². The highest BCUT2D eigenvalue weighted by molar-refractivity contribution is 7.89. The van der Waals surface area contributed by atoms with Crippen molar-refractivity contribution in [1.82, 2.24) is 9.62 Å². The van der Waals surface area contributed by atoms with Crippen molar-refractivity contribution in [2.24, 2.45) is 0 Å². The first-order chi connectivity index (χ1) is 10.6. The molecule has 2 N–H and O–H groups in total. The van der Waals surface area contributed by atoms with Crippen LogP contribution in [0.2, 0.25) is 0 Å². The monoisotopic (exact) mass is 326 g/mol. The summed E-state index contributed by atoms with van der Waals surface area (Å²) in [5.74, 6) is 0. The van der Waals surface area contributed by atoms with Crippen LogP contribution in [-0.4, -0.2) is 44.1 Å². The van der Waals surface area contributed by atoms with Crippen LogP contribution in [0.5, 0.6) is 0 Å². The van der Waals surface area contributed by atoms with E-state index in [1.165, 1.54) is 43.5 Å². The molecule has 1 saturated carbocycles. The molecule has 0 bridgehead atoms. The molecule has 2 rings (SSSR count). The average Bonchev–Trinajstić information content (AvgIpc) is 2.54.